The maximum absolute atomic E-state index is 4.60. The lowest BCUT2D eigenvalue weighted by molar-refractivity contribution is 0.292. The van der Waals surface area contributed by atoms with Crippen LogP contribution in [0.2, 0.25) is 0 Å². The van der Waals surface area contributed by atoms with Gasteiger partial charge in [0.25, 0.3) is 0 Å². The fraction of sp³-hybridized carbons (Fsp3) is 0.333. The molecule has 3 rings (SSSR count). The van der Waals surface area contributed by atoms with Crippen molar-refractivity contribution in [3.63, 3.8) is 0 Å². The van der Waals surface area contributed by atoms with Crippen molar-refractivity contribution in [2.75, 3.05) is 20.6 Å². The smallest absolute Gasteiger partial charge is 0.0969 e. The van der Waals surface area contributed by atoms with E-state index in [0.29, 0.717) is 6.04 Å². The number of pyridine rings is 1. The van der Waals surface area contributed by atoms with Gasteiger partial charge in [-0.15, -0.1) is 11.3 Å². The third kappa shape index (κ3) is 3.90. The van der Waals surface area contributed by atoms with E-state index in [1.165, 1.54) is 10.4 Å². The van der Waals surface area contributed by atoms with E-state index in [4.69, 9.17) is 0 Å². The molecule has 3 aromatic heterocycles. The van der Waals surface area contributed by atoms with Crippen LogP contribution in [0.25, 0.3) is 11.3 Å². The first-order chi connectivity index (χ1) is 11.6. The number of nitrogens with zero attached hydrogens (tertiary/aromatic N) is 4. The summed E-state index contributed by atoms with van der Waals surface area (Å²) < 4.78 is 1.87. The van der Waals surface area contributed by atoms with E-state index in [-0.39, 0.29) is 0 Å². The van der Waals surface area contributed by atoms with Gasteiger partial charge in [0, 0.05) is 54.7 Å². The Morgan fingerprint density at radius 1 is 1.25 bits per heavy atom. The highest BCUT2D eigenvalue weighted by Gasteiger charge is 2.16. The monoisotopic (exact) mass is 341 g/mol. The molecule has 0 saturated heterocycles. The summed E-state index contributed by atoms with van der Waals surface area (Å²) in [6.07, 6.45) is 5.69. The molecule has 0 radical (unpaired) electrons. The van der Waals surface area contributed by atoms with Crippen LogP contribution in [-0.2, 0) is 13.6 Å². The van der Waals surface area contributed by atoms with Crippen LogP contribution in [0.15, 0.2) is 48.2 Å². The first kappa shape index (κ1) is 16.8. The number of aromatic nitrogens is 3. The minimum Gasteiger partial charge on any atom is -0.311 e. The standard InChI is InChI=1S/C18H23N5S/c1-22(2)16(17-5-4-10-24-17)12-20-11-15-13-23(3)21-18(15)14-6-8-19-9-7-14/h4-10,13,16,20H,11-12H2,1-3H3/t16-/m1/s1. The predicted octanol–water partition coefficient (Wildman–Crippen LogP) is 2.94. The van der Waals surface area contributed by atoms with E-state index in [1.807, 2.05) is 23.9 Å². The molecule has 0 fully saturated rings. The van der Waals surface area contributed by atoms with E-state index in [1.54, 1.807) is 23.7 Å². The molecule has 6 heteroatoms. The summed E-state index contributed by atoms with van der Waals surface area (Å²) in [5.41, 5.74) is 3.32. The molecule has 0 bridgehead atoms. The Morgan fingerprint density at radius 2 is 2.04 bits per heavy atom. The maximum atomic E-state index is 4.60. The zero-order valence-electron chi connectivity index (χ0n) is 14.3. The van der Waals surface area contributed by atoms with E-state index in [2.05, 4.69) is 58.1 Å². The van der Waals surface area contributed by atoms with Gasteiger partial charge in [-0.05, 0) is 37.7 Å². The van der Waals surface area contributed by atoms with Crippen LogP contribution in [0, 0.1) is 0 Å². The molecule has 3 heterocycles. The van der Waals surface area contributed by atoms with Gasteiger partial charge in [-0.2, -0.15) is 5.10 Å². The van der Waals surface area contributed by atoms with Crippen LogP contribution >= 0.6 is 11.3 Å². The van der Waals surface area contributed by atoms with Gasteiger partial charge in [-0.25, -0.2) is 0 Å². The minimum atomic E-state index is 0.381. The lowest BCUT2D eigenvalue weighted by Gasteiger charge is -2.23. The van der Waals surface area contributed by atoms with Crippen LogP contribution in [0.4, 0.5) is 0 Å². The number of hydrogen-bond donors (Lipinski definition) is 1. The molecule has 1 N–H and O–H groups in total. The Balaban J connectivity index is 1.69. The normalized spacial score (nSPS) is 12.7. The summed E-state index contributed by atoms with van der Waals surface area (Å²) in [6.45, 7) is 1.69. The quantitative estimate of drug-likeness (QED) is 0.718. The number of rotatable bonds is 7. The molecule has 1 atom stereocenters. The molecule has 0 aliphatic carbocycles. The zero-order valence-corrected chi connectivity index (χ0v) is 15.1. The van der Waals surface area contributed by atoms with Crippen molar-refractivity contribution in [1.82, 2.24) is 25.0 Å². The molecule has 0 unspecified atom stereocenters. The number of hydrogen-bond acceptors (Lipinski definition) is 5. The first-order valence-electron chi connectivity index (χ1n) is 7.98. The highest BCUT2D eigenvalue weighted by molar-refractivity contribution is 7.10. The second-order valence-corrected chi connectivity index (χ2v) is 7.02. The summed E-state index contributed by atoms with van der Waals surface area (Å²) >= 11 is 1.80. The Bertz CT molecular complexity index is 749. The van der Waals surface area contributed by atoms with Crippen LogP contribution in [-0.4, -0.2) is 40.3 Å². The first-order valence-corrected chi connectivity index (χ1v) is 8.86. The molecule has 3 aromatic rings. The lowest BCUT2D eigenvalue weighted by Crippen LogP contribution is -2.30. The van der Waals surface area contributed by atoms with Crippen LogP contribution in [0.5, 0.6) is 0 Å². The van der Waals surface area contributed by atoms with Crippen molar-refractivity contribution in [3.05, 3.63) is 58.7 Å². The molecular formula is C18H23N5S. The molecule has 0 saturated carbocycles. The van der Waals surface area contributed by atoms with Gasteiger partial charge in [0.15, 0.2) is 0 Å². The second-order valence-electron chi connectivity index (χ2n) is 6.04. The Labute approximate surface area is 147 Å². The third-order valence-corrected chi connectivity index (χ3v) is 4.98. The molecule has 0 aromatic carbocycles. The summed E-state index contributed by atoms with van der Waals surface area (Å²) in [7, 11) is 6.21. The summed E-state index contributed by atoms with van der Waals surface area (Å²) in [5.74, 6) is 0. The van der Waals surface area contributed by atoms with Gasteiger partial charge in [-0.1, -0.05) is 6.07 Å². The number of thiophene rings is 1. The van der Waals surface area contributed by atoms with Gasteiger partial charge >= 0.3 is 0 Å². The van der Waals surface area contributed by atoms with Gasteiger partial charge in [-0.3, -0.25) is 9.67 Å². The predicted molar refractivity (Wildman–Crippen MR) is 98.9 cm³/mol. The van der Waals surface area contributed by atoms with Crippen LogP contribution in [0.3, 0.4) is 0 Å². The largest absolute Gasteiger partial charge is 0.311 e. The molecule has 0 spiro atoms. The van der Waals surface area contributed by atoms with Crippen molar-refractivity contribution in [3.8, 4) is 11.3 Å². The Hall–Kier alpha value is -2.02. The fourth-order valence-electron chi connectivity index (χ4n) is 2.78. The van der Waals surface area contributed by atoms with Gasteiger partial charge < -0.3 is 10.2 Å². The molecular weight excluding hydrogens is 318 g/mol. The Morgan fingerprint density at radius 3 is 2.71 bits per heavy atom. The van der Waals surface area contributed by atoms with Crippen molar-refractivity contribution in [1.29, 1.82) is 0 Å². The summed E-state index contributed by atoms with van der Waals surface area (Å²) in [5, 5.41) is 10.3. The van der Waals surface area contributed by atoms with Crippen LogP contribution < -0.4 is 5.32 Å². The minimum absolute atomic E-state index is 0.381. The SMILES string of the molecule is CN(C)[C@H](CNCc1cn(C)nc1-c1ccncc1)c1cccs1. The van der Waals surface area contributed by atoms with Crippen molar-refractivity contribution >= 4 is 11.3 Å². The average Bonchev–Trinajstić information content (AvgIpc) is 3.22. The molecule has 0 aliphatic heterocycles. The van der Waals surface area contributed by atoms with E-state index in [0.717, 1.165) is 24.3 Å². The van der Waals surface area contributed by atoms with E-state index < -0.39 is 0 Å². The topological polar surface area (TPSA) is 46.0 Å². The van der Waals surface area contributed by atoms with Crippen molar-refractivity contribution < 1.29 is 0 Å². The van der Waals surface area contributed by atoms with Gasteiger partial charge in [0.2, 0.25) is 0 Å². The molecule has 126 valence electrons. The third-order valence-electron chi connectivity index (χ3n) is 4.01. The highest BCUT2D eigenvalue weighted by atomic mass is 32.1. The number of likely N-dealkylation sites (N-methyl/N-ethyl adjacent to an activating group) is 1. The van der Waals surface area contributed by atoms with Crippen molar-refractivity contribution in [2.24, 2.45) is 7.05 Å². The summed E-state index contributed by atoms with van der Waals surface area (Å²) in [4.78, 5) is 7.72. The molecule has 24 heavy (non-hydrogen) atoms. The van der Waals surface area contributed by atoms with Crippen molar-refractivity contribution in [2.45, 2.75) is 12.6 Å². The molecule has 5 nitrogen and oxygen atoms in total. The van der Waals surface area contributed by atoms with Gasteiger partial charge in [0.05, 0.1) is 11.7 Å². The number of aryl methyl sites for hydroxylation is 1. The molecule has 0 aliphatic rings. The van der Waals surface area contributed by atoms with Crippen LogP contribution in [0.1, 0.15) is 16.5 Å². The Kier molecular flexibility index (Phi) is 5.40. The van der Waals surface area contributed by atoms with E-state index in [9.17, 15) is 0 Å². The second kappa shape index (κ2) is 7.70. The lowest BCUT2D eigenvalue weighted by atomic mass is 10.1. The zero-order chi connectivity index (χ0) is 16.9. The summed E-state index contributed by atoms with van der Waals surface area (Å²) in [6, 6.07) is 8.69. The number of nitrogens with one attached hydrogen (secondary N) is 1. The highest BCUT2D eigenvalue weighted by Crippen LogP contribution is 2.24. The van der Waals surface area contributed by atoms with E-state index >= 15 is 0 Å². The molecule has 0 amide bonds. The fourth-order valence-corrected chi connectivity index (χ4v) is 3.70. The van der Waals surface area contributed by atoms with Gasteiger partial charge in [0.1, 0.15) is 0 Å². The average molecular weight is 341 g/mol. The maximum Gasteiger partial charge on any atom is 0.0969 e.